The second-order valence-electron chi connectivity index (χ2n) is 2.62. The van der Waals surface area contributed by atoms with Crippen molar-refractivity contribution in [3.05, 3.63) is 16.6 Å². The molecular weight excluding hydrogens is 206 g/mol. The Morgan fingerprint density at radius 2 is 2.21 bits per heavy atom. The maximum Gasteiger partial charge on any atom is 0.331 e. The van der Waals surface area contributed by atoms with Crippen molar-refractivity contribution >= 4 is 29.2 Å². The van der Waals surface area contributed by atoms with Crippen LogP contribution in [0.5, 0.6) is 0 Å². The molecule has 1 aliphatic rings. The first-order valence-corrected chi connectivity index (χ1v) is 4.60. The Kier molecular flexibility index (Phi) is 2.01. The second kappa shape index (κ2) is 3.18. The van der Waals surface area contributed by atoms with E-state index in [2.05, 4.69) is 4.98 Å². The van der Waals surface area contributed by atoms with Gasteiger partial charge in [0, 0.05) is 11.1 Å². The summed E-state index contributed by atoms with van der Waals surface area (Å²) >= 11 is 1.32. The molecule has 0 aromatic carbocycles. The average Bonchev–Trinajstić information content (AvgIpc) is 2.71. The van der Waals surface area contributed by atoms with E-state index >= 15 is 0 Å². The van der Waals surface area contributed by atoms with Gasteiger partial charge in [0.1, 0.15) is 0 Å². The van der Waals surface area contributed by atoms with Gasteiger partial charge in [-0.2, -0.15) is 0 Å². The average molecular weight is 211 g/mol. The molecular formula is C7H5N3O3S. The second-order valence-corrected chi connectivity index (χ2v) is 3.59. The molecule has 1 aliphatic heterocycles. The number of thiazole rings is 1. The summed E-state index contributed by atoms with van der Waals surface area (Å²) in [5.41, 5.74) is 1.59. The third-order valence-electron chi connectivity index (χ3n) is 1.70. The van der Waals surface area contributed by atoms with Crippen LogP contribution in [0.2, 0.25) is 0 Å². The first-order chi connectivity index (χ1) is 6.68. The van der Waals surface area contributed by atoms with Crippen LogP contribution in [0.15, 0.2) is 11.7 Å². The third kappa shape index (κ3) is 1.37. The summed E-state index contributed by atoms with van der Waals surface area (Å²) in [7, 11) is 0. The predicted octanol–water partition coefficient (Wildman–Crippen LogP) is -0.279. The number of nitrogens with one attached hydrogen (secondary N) is 1. The van der Waals surface area contributed by atoms with Gasteiger partial charge in [0.05, 0.1) is 12.1 Å². The van der Waals surface area contributed by atoms with Crippen molar-refractivity contribution < 1.29 is 14.4 Å². The van der Waals surface area contributed by atoms with Gasteiger partial charge in [0.25, 0.3) is 0 Å². The van der Waals surface area contributed by atoms with E-state index in [1.54, 1.807) is 11.7 Å². The van der Waals surface area contributed by atoms with Crippen LogP contribution in [0.1, 0.15) is 4.88 Å². The van der Waals surface area contributed by atoms with Crippen LogP contribution < -0.4 is 5.32 Å². The highest BCUT2D eigenvalue weighted by Gasteiger charge is 2.36. The Bertz CT molecular complexity index is 400. The number of hydrogen-bond acceptors (Lipinski definition) is 5. The van der Waals surface area contributed by atoms with Crippen molar-refractivity contribution in [2.24, 2.45) is 0 Å². The Balaban J connectivity index is 2.16. The van der Waals surface area contributed by atoms with Crippen LogP contribution >= 0.6 is 11.3 Å². The van der Waals surface area contributed by atoms with Crippen LogP contribution in [0, 0.1) is 0 Å². The zero-order chi connectivity index (χ0) is 10.1. The highest BCUT2D eigenvalue weighted by atomic mass is 32.1. The molecule has 0 unspecified atom stereocenters. The quantitative estimate of drug-likeness (QED) is 0.539. The molecule has 0 atom stereocenters. The van der Waals surface area contributed by atoms with Crippen molar-refractivity contribution in [1.82, 2.24) is 15.2 Å². The summed E-state index contributed by atoms with van der Waals surface area (Å²) in [6, 6.07) is -0.673. The number of nitrogens with zero attached hydrogens (tertiary/aromatic N) is 2. The smallest absolute Gasteiger partial charge is 0.269 e. The summed E-state index contributed by atoms with van der Waals surface area (Å²) in [6.07, 6.45) is 1.55. The molecule has 4 amide bonds. The topological polar surface area (TPSA) is 79.4 Å². The minimum absolute atomic E-state index is 0.0983. The molecule has 7 heteroatoms. The number of rotatable bonds is 2. The number of carbonyl (C=O) groups excluding carboxylic acids is 3. The monoisotopic (exact) mass is 211 g/mol. The van der Waals surface area contributed by atoms with Crippen LogP contribution in [0.4, 0.5) is 4.79 Å². The first-order valence-electron chi connectivity index (χ1n) is 3.72. The van der Waals surface area contributed by atoms with Gasteiger partial charge in [-0.05, 0) is 0 Å². The van der Waals surface area contributed by atoms with Crippen molar-refractivity contribution in [1.29, 1.82) is 0 Å². The zero-order valence-corrected chi connectivity index (χ0v) is 7.71. The van der Waals surface area contributed by atoms with Gasteiger partial charge in [0.15, 0.2) is 0 Å². The zero-order valence-electron chi connectivity index (χ0n) is 6.89. The number of hydrogen-bond donors (Lipinski definition) is 1. The van der Waals surface area contributed by atoms with Gasteiger partial charge >= 0.3 is 17.8 Å². The van der Waals surface area contributed by atoms with Crippen LogP contribution in [0.25, 0.3) is 0 Å². The molecule has 1 aromatic heterocycles. The van der Waals surface area contributed by atoms with Gasteiger partial charge < -0.3 is 0 Å². The van der Waals surface area contributed by atoms with Crippen LogP contribution in [-0.2, 0) is 16.1 Å². The maximum absolute atomic E-state index is 11.1. The number of amides is 4. The van der Waals surface area contributed by atoms with E-state index in [4.69, 9.17) is 0 Å². The standard InChI is InChI=1S/C7H5N3O3S/c11-5-6(12)10(7(13)9-5)2-4-1-8-3-14-4/h1,3H,2H2,(H,9,11,13). The molecule has 0 saturated carbocycles. The molecule has 0 aliphatic carbocycles. The van der Waals surface area contributed by atoms with E-state index in [9.17, 15) is 14.4 Å². The molecule has 14 heavy (non-hydrogen) atoms. The minimum atomic E-state index is -0.875. The minimum Gasteiger partial charge on any atom is -0.269 e. The number of carbonyl (C=O) groups is 3. The lowest BCUT2D eigenvalue weighted by molar-refractivity contribution is -0.140. The van der Waals surface area contributed by atoms with E-state index in [1.807, 2.05) is 5.32 Å². The molecule has 6 nitrogen and oxygen atoms in total. The highest BCUT2D eigenvalue weighted by molar-refractivity contribution is 7.09. The summed E-state index contributed by atoms with van der Waals surface area (Å²) in [6.45, 7) is 0.0983. The maximum atomic E-state index is 11.1. The fourth-order valence-corrected chi connectivity index (χ4v) is 1.63. The fourth-order valence-electron chi connectivity index (χ4n) is 1.05. The lowest BCUT2D eigenvalue weighted by atomic mass is 10.4. The first kappa shape index (κ1) is 8.82. The fraction of sp³-hybridized carbons (Fsp3) is 0.143. The SMILES string of the molecule is O=C1NC(=O)N(Cc2cncs2)C1=O. The highest BCUT2D eigenvalue weighted by Crippen LogP contribution is 2.12. The van der Waals surface area contributed by atoms with Gasteiger partial charge in [-0.1, -0.05) is 0 Å². The van der Waals surface area contributed by atoms with E-state index in [0.717, 1.165) is 9.78 Å². The number of aromatic nitrogens is 1. The van der Waals surface area contributed by atoms with Gasteiger partial charge in [-0.15, -0.1) is 11.3 Å². The van der Waals surface area contributed by atoms with E-state index < -0.39 is 17.8 Å². The van der Waals surface area contributed by atoms with Crippen molar-refractivity contribution in [3.63, 3.8) is 0 Å². The molecule has 1 saturated heterocycles. The third-order valence-corrected chi connectivity index (χ3v) is 2.47. The van der Waals surface area contributed by atoms with Crippen LogP contribution in [0.3, 0.4) is 0 Å². The van der Waals surface area contributed by atoms with Gasteiger partial charge in [-0.3, -0.25) is 24.8 Å². The normalized spacial score (nSPS) is 16.3. The number of imide groups is 2. The Morgan fingerprint density at radius 3 is 2.71 bits per heavy atom. The summed E-state index contributed by atoms with van der Waals surface area (Å²) in [5.74, 6) is -1.69. The lowest BCUT2D eigenvalue weighted by Gasteiger charge is -2.08. The van der Waals surface area contributed by atoms with Crippen molar-refractivity contribution in [2.75, 3.05) is 0 Å². The van der Waals surface area contributed by atoms with Crippen molar-refractivity contribution in [2.45, 2.75) is 6.54 Å². The Hall–Kier alpha value is -1.76. The van der Waals surface area contributed by atoms with Gasteiger partial charge in [-0.25, -0.2) is 4.79 Å². The van der Waals surface area contributed by atoms with E-state index in [-0.39, 0.29) is 6.54 Å². The molecule has 2 rings (SSSR count). The molecule has 0 bridgehead atoms. The van der Waals surface area contributed by atoms with Crippen LogP contribution in [-0.4, -0.2) is 27.7 Å². The van der Waals surface area contributed by atoms with Crippen molar-refractivity contribution in [3.8, 4) is 0 Å². The number of urea groups is 1. The Labute approximate surface area is 82.5 Å². The van der Waals surface area contributed by atoms with Gasteiger partial charge in [0.2, 0.25) is 0 Å². The van der Waals surface area contributed by atoms with E-state index in [0.29, 0.717) is 0 Å². The lowest BCUT2D eigenvalue weighted by Crippen LogP contribution is -2.30. The largest absolute Gasteiger partial charge is 0.331 e. The molecule has 2 heterocycles. The summed E-state index contributed by atoms with van der Waals surface area (Å²) in [4.78, 5) is 38.4. The van der Waals surface area contributed by atoms with E-state index in [1.165, 1.54) is 11.3 Å². The molecule has 0 radical (unpaired) electrons. The molecule has 1 N–H and O–H groups in total. The molecule has 1 fully saturated rings. The predicted molar refractivity (Wildman–Crippen MR) is 46.2 cm³/mol. The Morgan fingerprint density at radius 1 is 1.43 bits per heavy atom. The summed E-state index contributed by atoms with van der Waals surface area (Å²) in [5, 5.41) is 1.91. The molecule has 1 aromatic rings. The molecule has 0 spiro atoms. The molecule has 72 valence electrons. The summed E-state index contributed by atoms with van der Waals surface area (Å²) < 4.78 is 0.